The molecule has 0 heterocycles. The third kappa shape index (κ3) is 1.94. The summed E-state index contributed by atoms with van der Waals surface area (Å²) in [5.41, 5.74) is 3.45. The van der Waals surface area contributed by atoms with E-state index in [2.05, 4.69) is 5.92 Å². The lowest BCUT2D eigenvalue weighted by Gasteiger charge is -2.15. The average Bonchev–Trinajstić information content (AvgIpc) is 2.29. The highest BCUT2D eigenvalue weighted by Crippen LogP contribution is 2.26. The van der Waals surface area contributed by atoms with Crippen molar-refractivity contribution in [3.05, 3.63) is 33.4 Å². The minimum absolute atomic E-state index is 0.383. The summed E-state index contributed by atoms with van der Waals surface area (Å²) >= 11 is 0. The van der Waals surface area contributed by atoms with Gasteiger partial charge in [-0.2, -0.15) is 0 Å². The largest absolute Gasteiger partial charge is 0.465 e. The van der Waals surface area contributed by atoms with Crippen molar-refractivity contribution in [2.24, 2.45) is 0 Å². The lowest BCUT2D eigenvalue weighted by atomic mass is 9.89. The van der Waals surface area contributed by atoms with Gasteiger partial charge in [-0.25, -0.2) is 4.79 Å². The quantitative estimate of drug-likeness (QED) is 0.444. The van der Waals surface area contributed by atoms with Crippen LogP contribution in [0, 0.1) is 33.1 Å². The number of hydrogen-bond acceptors (Lipinski definition) is 3. The molecule has 0 radical (unpaired) electrons. The summed E-state index contributed by atoms with van der Waals surface area (Å²) in [7, 11) is 1.30. The maximum Gasteiger partial charge on any atom is 0.338 e. The summed E-state index contributed by atoms with van der Waals surface area (Å²) < 4.78 is 4.71. The molecular formula is C14H14O3. The van der Waals surface area contributed by atoms with Gasteiger partial charge in [0.05, 0.1) is 12.7 Å². The Bertz CT molecular complexity index is 534. The number of carbonyl (C=O) groups is 2. The summed E-state index contributed by atoms with van der Waals surface area (Å²) in [6.45, 7) is 5.26. The molecule has 1 aromatic rings. The van der Waals surface area contributed by atoms with Crippen molar-refractivity contribution in [2.75, 3.05) is 7.11 Å². The van der Waals surface area contributed by atoms with Gasteiger partial charge in [0.25, 0.3) is 0 Å². The lowest BCUT2D eigenvalue weighted by molar-refractivity contribution is 0.0599. The van der Waals surface area contributed by atoms with E-state index >= 15 is 0 Å². The van der Waals surface area contributed by atoms with E-state index < -0.39 is 5.97 Å². The Morgan fingerprint density at radius 2 is 1.82 bits per heavy atom. The van der Waals surface area contributed by atoms with E-state index in [9.17, 15) is 9.59 Å². The highest BCUT2D eigenvalue weighted by atomic mass is 16.5. The highest BCUT2D eigenvalue weighted by Gasteiger charge is 2.20. The Morgan fingerprint density at radius 1 is 1.24 bits per heavy atom. The van der Waals surface area contributed by atoms with Crippen molar-refractivity contribution in [3.63, 3.8) is 0 Å². The van der Waals surface area contributed by atoms with Crippen molar-refractivity contribution in [3.8, 4) is 12.3 Å². The Hall–Kier alpha value is -2.08. The van der Waals surface area contributed by atoms with Gasteiger partial charge in [-0.05, 0) is 37.5 Å². The number of carbonyl (C=O) groups excluding carboxylic acids is 2. The van der Waals surface area contributed by atoms with Crippen molar-refractivity contribution in [1.82, 2.24) is 0 Å². The molecule has 0 fully saturated rings. The van der Waals surface area contributed by atoms with E-state index in [1.165, 1.54) is 7.11 Å². The highest BCUT2D eigenvalue weighted by molar-refractivity contribution is 5.97. The van der Waals surface area contributed by atoms with Crippen LogP contribution in [0.4, 0.5) is 0 Å². The Kier molecular flexibility index (Phi) is 3.69. The molecular weight excluding hydrogens is 216 g/mol. The van der Waals surface area contributed by atoms with Crippen LogP contribution in [0.2, 0.25) is 0 Å². The third-order valence-corrected chi connectivity index (χ3v) is 2.96. The van der Waals surface area contributed by atoms with Crippen molar-refractivity contribution >= 4 is 12.3 Å². The first-order valence-corrected chi connectivity index (χ1v) is 5.13. The lowest BCUT2D eigenvalue weighted by Crippen LogP contribution is -2.12. The zero-order valence-corrected chi connectivity index (χ0v) is 10.4. The molecule has 3 heteroatoms. The van der Waals surface area contributed by atoms with E-state index in [1.54, 1.807) is 20.8 Å². The molecule has 0 N–H and O–H groups in total. The number of ether oxygens (including phenoxy) is 1. The molecule has 0 bridgehead atoms. The molecule has 1 rings (SSSR count). The van der Waals surface area contributed by atoms with Gasteiger partial charge in [0.15, 0.2) is 6.29 Å². The second-order valence-electron chi connectivity index (χ2n) is 3.79. The van der Waals surface area contributed by atoms with Crippen LogP contribution >= 0.6 is 0 Å². The van der Waals surface area contributed by atoms with Crippen molar-refractivity contribution in [1.29, 1.82) is 0 Å². The Balaban J connectivity index is 3.79. The van der Waals surface area contributed by atoms with Gasteiger partial charge in [0.1, 0.15) is 0 Å². The third-order valence-electron chi connectivity index (χ3n) is 2.96. The predicted molar refractivity (Wildman–Crippen MR) is 65.3 cm³/mol. The first kappa shape index (κ1) is 13.0. The topological polar surface area (TPSA) is 43.4 Å². The molecule has 0 aliphatic heterocycles. The predicted octanol–water partition coefficient (Wildman–Crippen LogP) is 2.19. The zero-order chi connectivity index (χ0) is 13.2. The molecule has 0 unspecified atom stereocenters. The second-order valence-corrected chi connectivity index (χ2v) is 3.79. The molecule has 3 nitrogen and oxygen atoms in total. The van der Waals surface area contributed by atoms with Crippen molar-refractivity contribution < 1.29 is 14.3 Å². The molecule has 0 atom stereocenters. The van der Waals surface area contributed by atoms with Gasteiger partial charge in [0.2, 0.25) is 0 Å². The van der Waals surface area contributed by atoms with Crippen LogP contribution in [-0.2, 0) is 4.74 Å². The summed E-state index contributed by atoms with van der Waals surface area (Å²) in [4.78, 5) is 22.8. The number of hydrogen-bond donors (Lipinski definition) is 0. The van der Waals surface area contributed by atoms with Crippen LogP contribution in [0.5, 0.6) is 0 Å². The number of benzene rings is 1. The van der Waals surface area contributed by atoms with E-state index in [0.29, 0.717) is 27.8 Å². The van der Waals surface area contributed by atoms with E-state index in [0.717, 1.165) is 11.8 Å². The SMILES string of the molecule is C#Cc1c(C)c(C=O)c(C)c(C(=O)OC)c1C. The normalized spacial score (nSPS) is 9.59. The molecule has 0 aliphatic rings. The molecule has 17 heavy (non-hydrogen) atoms. The van der Waals surface area contributed by atoms with Crippen LogP contribution in [0.3, 0.4) is 0 Å². The van der Waals surface area contributed by atoms with E-state index in [1.807, 2.05) is 0 Å². The Morgan fingerprint density at radius 3 is 2.24 bits per heavy atom. The zero-order valence-electron chi connectivity index (χ0n) is 10.4. The average molecular weight is 230 g/mol. The van der Waals surface area contributed by atoms with Crippen LogP contribution in [0.1, 0.15) is 43.0 Å². The first-order chi connectivity index (χ1) is 7.99. The summed E-state index contributed by atoms with van der Waals surface area (Å²) in [6.07, 6.45) is 6.14. The minimum atomic E-state index is -0.473. The molecule has 0 spiro atoms. The second kappa shape index (κ2) is 4.84. The fraction of sp³-hybridized carbons (Fsp3) is 0.286. The van der Waals surface area contributed by atoms with Gasteiger partial charge < -0.3 is 4.74 Å². The van der Waals surface area contributed by atoms with Gasteiger partial charge in [0, 0.05) is 11.1 Å². The number of methoxy groups -OCH3 is 1. The summed E-state index contributed by atoms with van der Waals surface area (Å²) in [5, 5.41) is 0. The van der Waals surface area contributed by atoms with Crippen LogP contribution in [0.15, 0.2) is 0 Å². The van der Waals surface area contributed by atoms with Crippen molar-refractivity contribution in [2.45, 2.75) is 20.8 Å². The van der Waals surface area contributed by atoms with Gasteiger partial charge >= 0.3 is 5.97 Å². The number of terminal acetylenes is 1. The molecule has 88 valence electrons. The fourth-order valence-electron chi connectivity index (χ4n) is 2.04. The Labute approximate surface area is 101 Å². The number of esters is 1. The van der Waals surface area contributed by atoms with Crippen LogP contribution in [0.25, 0.3) is 0 Å². The number of rotatable bonds is 2. The van der Waals surface area contributed by atoms with E-state index in [4.69, 9.17) is 11.2 Å². The molecule has 0 aromatic heterocycles. The molecule has 1 aromatic carbocycles. The standard InChI is InChI=1S/C14H14O3/c1-6-11-8(2)12(7-15)10(4)13(9(11)3)14(16)17-5/h1,7H,2-5H3. The first-order valence-electron chi connectivity index (χ1n) is 5.13. The van der Waals surface area contributed by atoms with Gasteiger partial charge in [-0.15, -0.1) is 6.42 Å². The maximum atomic E-state index is 11.7. The molecule has 0 saturated carbocycles. The molecule has 0 aliphatic carbocycles. The summed E-state index contributed by atoms with van der Waals surface area (Å²) in [5.74, 6) is 2.05. The minimum Gasteiger partial charge on any atom is -0.465 e. The monoisotopic (exact) mass is 230 g/mol. The smallest absolute Gasteiger partial charge is 0.338 e. The number of aldehydes is 1. The van der Waals surface area contributed by atoms with Gasteiger partial charge in [-0.1, -0.05) is 5.92 Å². The van der Waals surface area contributed by atoms with Gasteiger partial charge in [-0.3, -0.25) is 4.79 Å². The van der Waals surface area contributed by atoms with Crippen LogP contribution < -0.4 is 0 Å². The molecule has 0 amide bonds. The maximum absolute atomic E-state index is 11.7. The molecule has 0 saturated heterocycles. The summed E-state index contributed by atoms with van der Waals surface area (Å²) in [6, 6.07) is 0. The fourth-order valence-corrected chi connectivity index (χ4v) is 2.04. The van der Waals surface area contributed by atoms with E-state index in [-0.39, 0.29) is 0 Å². The van der Waals surface area contributed by atoms with Crippen LogP contribution in [-0.4, -0.2) is 19.4 Å².